The van der Waals surface area contributed by atoms with Gasteiger partial charge in [0, 0.05) is 42.3 Å². The fraction of sp³-hybridized carbons (Fsp3) is 0.457. The lowest BCUT2D eigenvalue weighted by Crippen LogP contribution is -2.51. The van der Waals surface area contributed by atoms with Crippen LogP contribution in [0.5, 0.6) is 17.2 Å². The number of fused-ring (bicyclic) bond motifs is 5. The minimum atomic E-state index is -1.30. The highest BCUT2D eigenvalue weighted by molar-refractivity contribution is 8.68. The molecule has 3 unspecified atom stereocenters. The van der Waals surface area contributed by atoms with Crippen LogP contribution in [0, 0.1) is 0 Å². The zero-order chi connectivity index (χ0) is 33.9. The molecule has 3 heterocycles. The summed E-state index contributed by atoms with van der Waals surface area (Å²) in [5.74, 6) is 0.568. The maximum Gasteiger partial charge on any atom is 0.416 e. The molecule has 13 heteroatoms. The van der Waals surface area contributed by atoms with E-state index in [1.54, 1.807) is 28.0 Å². The summed E-state index contributed by atoms with van der Waals surface area (Å²) in [6.45, 7) is 3.33. The third-order valence-corrected chi connectivity index (χ3v) is 10.9. The summed E-state index contributed by atoms with van der Waals surface area (Å²) >= 11 is 4.18. The Labute approximate surface area is 288 Å². The van der Waals surface area contributed by atoms with E-state index in [-0.39, 0.29) is 40.7 Å². The number of unbranched alkanes of at least 4 members (excludes halogenated alkanes) is 2. The molecule has 0 spiro atoms. The molecule has 6 rings (SSSR count). The second-order valence-corrected chi connectivity index (χ2v) is 14.0. The maximum absolute atomic E-state index is 13.6. The Morgan fingerprint density at radius 2 is 1.85 bits per heavy atom. The number of phenolic OH excluding ortho intramolecular Hbond substituents is 1. The first-order chi connectivity index (χ1) is 23.2. The Hall–Kier alpha value is -3.81. The Kier molecular flexibility index (Phi) is 10.5. The lowest BCUT2D eigenvalue weighted by Gasteiger charge is -2.32. The van der Waals surface area contributed by atoms with Gasteiger partial charge in [0.15, 0.2) is 17.7 Å². The third kappa shape index (κ3) is 6.59. The van der Waals surface area contributed by atoms with Gasteiger partial charge in [-0.15, -0.1) is 11.7 Å². The summed E-state index contributed by atoms with van der Waals surface area (Å²) in [4.78, 5) is 44.7. The zero-order valence-corrected chi connectivity index (χ0v) is 28.8. The molecule has 3 atom stereocenters. The van der Waals surface area contributed by atoms with Crippen LogP contribution in [0.1, 0.15) is 61.4 Å². The molecule has 1 saturated heterocycles. The lowest BCUT2D eigenvalue weighted by atomic mass is 10.0. The number of phenols is 1. The summed E-state index contributed by atoms with van der Waals surface area (Å²) < 4.78 is 17.2. The predicted octanol–water partition coefficient (Wildman–Crippen LogP) is 5.93. The van der Waals surface area contributed by atoms with Gasteiger partial charge in [-0.2, -0.15) is 0 Å². The van der Waals surface area contributed by atoms with Crippen molar-refractivity contribution in [2.75, 3.05) is 43.2 Å². The first-order valence-electron chi connectivity index (χ1n) is 16.4. The number of methoxy groups -OCH3 is 1. The van der Waals surface area contributed by atoms with Crippen LogP contribution in [0.4, 0.5) is 16.2 Å². The van der Waals surface area contributed by atoms with Gasteiger partial charge in [-0.25, -0.2) is 9.69 Å². The normalized spacial score (nSPS) is 19.1. The SMILES string of the molecule is COc1cc2c(cc1OCCCCCC(=O)N1CCc3c1cc(O)c1ccccc31)N(C(=O)OCC(C)SS)C(O)C1CCCN1C2=O. The summed E-state index contributed by atoms with van der Waals surface area (Å²) in [5.41, 5.74) is 2.29. The van der Waals surface area contributed by atoms with E-state index in [1.807, 2.05) is 31.2 Å². The van der Waals surface area contributed by atoms with E-state index in [1.165, 1.54) is 17.9 Å². The molecular weight excluding hydrogens is 655 g/mol. The number of ether oxygens (including phenoxy) is 3. The van der Waals surface area contributed by atoms with Gasteiger partial charge >= 0.3 is 6.09 Å². The van der Waals surface area contributed by atoms with Crippen LogP contribution >= 0.6 is 22.5 Å². The molecule has 3 aromatic rings. The average molecular weight is 696 g/mol. The minimum absolute atomic E-state index is 0.0230. The fourth-order valence-corrected chi connectivity index (χ4v) is 7.20. The number of aliphatic hydroxyl groups is 1. The third-order valence-electron chi connectivity index (χ3n) is 9.34. The van der Waals surface area contributed by atoms with Crippen LogP contribution in [0.3, 0.4) is 0 Å². The standard InChI is InChI=1S/C35H41N3O8S2/c1-21(48-47)20-46-35(43)38-28-19-31(30(44-2)17-25(28)33(41)37-14-8-11-26(37)34(38)42)45-16-7-3-4-12-32(40)36-15-13-23-22-9-5-6-10-24(22)29(39)18-27(23)36/h5-6,9-10,17-19,21,26,34,39,42,47H,3-4,7-8,11-16,20H2,1-2H3. The maximum atomic E-state index is 13.6. The Morgan fingerprint density at radius 3 is 2.62 bits per heavy atom. The number of aromatic hydroxyl groups is 1. The second kappa shape index (κ2) is 14.8. The first kappa shape index (κ1) is 34.1. The van der Waals surface area contributed by atoms with Crippen molar-refractivity contribution in [2.24, 2.45) is 0 Å². The van der Waals surface area contributed by atoms with Crippen LogP contribution < -0.4 is 19.3 Å². The van der Waals surface area contributed by atoms with Crippen LogP contribution in [0.15, 0.2) is 42.5 Å². The van der Waals surface area contributed by atoms with Crippen molar-refractivity contribution in [3.05, 3.63) is 53.6 Å². The van der Waals surface area contributed by atoms with Gasteiger partial charge in [0.2, 0.25) is 5.91 Å². The van der Waals surface area contributed by atoms with Crippen molar-refractivity contribution in [3.63, 3.8) is 0 Å². The van der Waals surface area contributed by atoms with Gasteiger partial charge in [-0.3, -0.25) is 9.59 Å². The van der Waals surface area contributed by atoms with E-state index in [9.17, 15) is 24.6 Å². The van der Waals surface area contributed by atoms with E-state index in [0.717, 1.165) is 46.2 Å². The van der Waals surface area contributed by atoms with E-state index < -0.39 is 18.4 Å². The first-order valence-corrected chi connectivity index (χ1v) is 18.3. The van der Waals surface area contributed by atoms with E-state index in [4.69, 9.17) is 14.2 Å². The van der Waals surface area contributed by atoms with Gasteiger partial charge < -0.3 is 34.2 Å². The van der Waals surface area contributed by atoms with Gasteiger partial charge in [0.05, 0.1) is 36.7 Å². The number of hydrogen-bond acceptors (Lipinski definition) is 10. The topological polar surface area (TPSA) is 129 Å². The zero-order valence-electron chi connectivity index (χ0n) is 27.1. The van der Waals surface area contributed by atoms with Crippen molar-refractivity contribution >= 4 is 62.5 Å². The quantitative estimate of drug-likeness (QED) is 0.127. The summed E-state index contributed by atoms with van der Waals surface area (Å²) in [5, 5.41) is 23.7. The van der Waals surface area contributed by atoms with E-state index >= 15 is 0 Å². The van der Waals surface area contributed by atoms with Crippen LogP contribution in [0.2, 0.25) is 0 Å². The number of amides is 3. The lowest BCUT2D eigenvalue weighted by molar-refractivity contribution is -0.118. The molecule has 0 saturated carbocycles. The Bertz CT molecular complexity index is 1700. The van der Waals surface area contributed by atoms with Crippen molar-refractivity contribution in [1.82, 2.24) is 4.90 Å². The molecule has 48 heavy (non-hydrogen) atoms. The Morgan fingerprint density at radius 1 is 1.06 bits per heavy atom. The second-order valence-electron chi connectivity index (χ2n) is 12.4. The molecule has 3 aliphatic heterocycles. The van der Waals surface area contributed by atoms with Gasteiger partial charge in [0.25, 0.3) is 5.91 Å². The fourth-order valence-electron chi connectivity index (χ4n) is 6.89. The van der Waals surface area contributed by atoms with E-state index in [2.05, 4.69) is 11.7 Å². The van der Waals surface area contributed by atoms with Crippen LogP contribution in [-0.4, -0.2) is 84.0 Å². The molecule has 3 aliphatic rings. The van der Waals surface area contributed by atoms with Crippen LogP contribution in [0.25, 0.3) is 10.8 Å². The molecule has 0 radical (unpaired) electrons. The molecule has 0 bridgehead atoms. The molecule has 11 nitrogen and oxygen atoms in total. The number of hydrogen-bond donors (Lipinski definition) is 3. The highest BCUT2D eigenvalue weighted by atomic mass is 33.1. The number of thiol groups is 1. The Balaban J connectivity index is 1.10. The van der Waals surface area contributed by atoms with Crippen molar-refractivity contribution in [2.45, 2.75) is 69.4 Å². The minimum Gasteiger partial charge on any atom is -0.507 e. The molecular formula is C35H41N3O8S2. The highest BCUT2D eigenvalue weighted by Gasteiger charge is 2.45. The number of anilines is 2. The summed E-state index contributed by atoms with van der Waals surface area (Å²) in [6, 6.07) is 12.0. The number of benzene rings is 3. The molecule has 3 amide bonds. The van der Waals surface area contributed by atoms with Crippen LogP contribution in [-0.2, 0) is 16.0 Å². The molecule has 1 fully saturated rings. The summed E-state index contributed by atoms with van der Waals surface area (Å²) in [7, 11) is 2.74. The largest absolute Gasteiger partial charge is 0.507 e. The average Bonchev–Trinajstić information content (AvgIpc) is 3.75. The van der Waals surface area contributed by atoms with Crippen molar-refractivity contribution in [1.29, 1.82) is 0 Å². The molecule has 2 N–H and O–H groups in total. The van der Waals surface area contributed by atoms with Crippen molar-refractivity contribution in [3.8, 4) is 17.2 Å². The number of rotatable bonds is 11. The van der Waals surface area contributed by atoms with E-state index in [0.29, 0.717) is 56.9 Å². The molecule has 0 aliphatic carbocycles. The van der Waals surface area contributed by atoms with Gasteiger partial charge in [-0.05, 0) is 62.5 Å². The predicted molar refractivity (Wildman–Crippen MR) is 189 cm³/mol. The molecule has 3 aromatic carbocycles. The smallest absolute Gasteiger partial charge is 0.416 e. The number of nitrogens with zero attached hydrogens (tertiary/aromatic N) is 3. The number of carbonyl (C=O) groups excluding carboxylic acids is 3. The van der Waals surface area contributed by atoms with Gasteiger partial charge in [-0.1, -0.05) is 35.1 Å². The van der Waals surface area contributed by atoms with Crippen molar-refractivity contribution < 1.29 is 38.8 Å². The number of aliphatic hydroxyl groups excluding tert-OH is 1. The molecule has 256 valence electrons. The number of carbonyl (C=O) groups is 3. The van der Waals surface area contributed by atoms with Gasteiger partial charge in [0.1, 0.15) is 12.4 Å². The molecule has 0 aromatic heterocycles. The highest BCUT2D eigenvalue weighted by Crippen LogP contribution is 2.42. The summed E-state index contributed by atoms with van der Waals surface area (Å²) in [6.07, 6.45) is 2.38. The monoisotopic (exact) mass is 695 g/mol.